The molecule has 0 aliphatic carbocycles. The van der Waals surface area contributed by atoms with Crippen molar-refractivity contribution in [3.63, 3.8) is 0 Å². The number of likely N-dealkylation sites (N-methyl/N-ethyl adjacent to an activating group) is 1. The molecule has 0 fully saturated rings. The minimum Gasteiger partial charge on any atom is -0.479 e. The first-order valence-electron chi connectivity index (χ1n) is 4.00. The number of carbonyl (C=O) groups is 1. The molecule has 16 heavy (non-hydrogen) atoms. The number of hydrogen-bond acceptors (Lipinski definition) is 5. The fourth-order valence-corrected chi connectivity index (χ4v) is 1.21. The van der Waals surface area contributed by atoms with Crippen LogP contribution in [0.3, 0.4) is 0 Å². The predicted octanol–water partition coefficient (Wildman–Crippen LogP) is 0.591. The Kier molecular flexibility index (Phi) is 9.38. The molecule has 0 aliphatic heterocycles. The Labute approximate surface area is 96.1 Å². The summed E-state index contributed by atoms with van der Waals surface area (Å²) in [5.74, 6) is -1.62. The van der Waals surface area contributed by atoms with E-state index in [4.69, 9.17) is 9.66 Å². The highest BCUT2D eigenvalue weighted by Gasteiger charge is 2.48. The van der Waals surface area contributed by atoms with Gasteiger partial charge in [-0.2, -0.15) is 8.42 Å². The second-order valence-corrected chi connectivity index (χ2v) is 4.81. The van der Waals surface area contributed by atoms with Crippen molar-refractivity contribution in [2.24, 2.45) is 0 Å². The molecule has 0 aliphatic rings. The molecule has 0 amide bonds. The maximum atomic E-state index is 10.7. The molecule has 0 aromatic rings. The van der Waals surface area contributed by atoms with Crippen LogP contribution in [-0.4, -0.2) is 47.9 Å². The predicted molar refractivity (Wildman–Crippen MR) is 62.2 cm³/mol. The fourth-order valence-electron chi connectivity index (χ4n) is 0.532. The van der Waals surface area contributed by atoms with E-state index in [0.717, 1.165) is 11.8 Å². The zero-order valence-electron chi connectivity index (χ0n) is 9.97. The van der Waals surface area contributed by atoms with Gasteiger partial charge >= 0.3 is 5.97 Å². The van der Waals surface area contributed by atoms with E-state index in [1.54, 1.807) is 6.08 Å². The quantitative estimate of drug-likeness (QED) is 0.497. The smallest absolute Gasteiger partial charge is 0.342 e. The van der Waals surface area contributed by atoms with Crippen LogP contribution in [0.5, 0.6) is 0 Å². The van der Waals surface area contributed by atoms with Crippen molar-refractivity contribution in [1.29, 1.82) is 0 Å². The van der Waals surface area contributed by atoms with Crippen molar-refractivity contribution < 1.29 is 22.9 Å². The summed E-state index contributed by atoms with van der Waals surface area (Å²) in [6.07, 6.45) is 1.75. The van der Waals surface area contributed by atoms with E-state index in [1.165, 1.54) is 14.1 Å². The second-order valence-electron chi connectivity index (χ2n) is 3.07. The molecule has 8 heteroatoms. The van der Waals surface area contributed by atoms with E-state index in [0.29, 0.717) is 0 Å². The summed E-state index contributed by atoms with van der Waals surface area (Å²) in [5.41, 5.74) is 0. The summed E-state index contributed by atoms with van der Waals surface area (Å²) in [6, 6.07) is 0. The molecule has 0 radical (unpaired) electrons. The monoisotopic (exact) mass is 256 g/mol. The van der Waals surface area contributed by atoms with Gasteiger partial charge in [0.2, 0.25) is 4.87 Å². The van der Waals surface area contributed by atoms with E-state index in [9.17, 15) is 13.2 Å². The van der Waals surface area contributed by atoms with Gasteiger partial charge in [0.25, 0.3) is 10.1 Å². The van der Waals surface area contributed by atoms with Crippen LogP contribution in [0.2, 0.25) is 0 Å². The molecule has 0 saturated heterocycles. The molecule has 1 unspecified atom stereocenters. The van der Waals surface area contributed by atoms with E-state index in [-0.39, 0.29) is 6.15 Å². The maximum absolute atomic E-state index is 10.7. The minimum absolute atomic E-state index is 0. The van der Waals surface area contributed by atoms with Crippen molar-refractivity contribution in [3.05, 3.63) is 12.7 Å². The Morgan fingerprint density at radius 1 is 1.44 bits per heavy atom. The summed E-state index contributed by atoms with van der Waals surface area (Å²) in [4.78, 5) is 9.15. The maximum Gasteiger partial charge on any atom is 0.342 e. The van der Waals surface area contributed by atoms with Crippen molar-refractivity contribution in [2.45, 2.75) is 18.7 Å². The average molecular weight is 256 g/mol. The third-order valence-electron chi connectivity index (χ3n) is 1.75. The summed E-state index contributed by atoms with van der Waals surface area (Å²) in [6.45, 7) is 6.16. The van der Waals surface area contributed by atoms with Gasteiger partial charge in [0.1, 0.15) is 0 Å². The molecule has 0 aromatic heterocycles. The third kappa shape index (κ3) is 4.71. The molecular formula is C8H20N2O5S. The van der Waals surface area contributed by atoms with Gasteiger partial charge in [0.15, 0.2) is 0 Å². The summed E-state index contributed by atoms with van der Waals surface area (Å²) in [7, 11) is -2.13. The van der Waals surface area contributed by atoms with Gasteiger partial charge in [-0.1, -0.05) is 6.08 Å². The van der Waals surface area contributed by atoms with E-state index in [1.807, 2.05) is 6.92 Å². The van der Waals surface area contributed by atoms with Crippen LogP contribution >= 0.6 is 0 Å². The summed E-state index contributed by atoms with van der Waals surface area (Å²) in [5, 5.41) is 8.56. The minimum atomic E-state index is -4.64. The lowest BCUT2D eigenvalue weighted by Crippen LogP contribution is -2.54. The van der Waals surface area contributed by atoms with Crippen molar-refractivity contribution in [2.75, 3.05) is 14.1 Å². The molecule has 0 spiro atoms. The first kappa shape index (κ1) is 20.5. The van der Waals surface area contributed by atoms with Crippen LogP contribution in [0.1, 0.15) is 13.8 Å². The number of carboxylic acid groups (broad SMARTS) is 1. The first-order chi connectivity index (χ1) is 6.55. The van der Waals surface area contributed by atoms with Crippen LogP contribution in [0.25, 0.3) is 0 Å². The normalized spacial score (nSPS) is 13.9. The molecule has 0 aromatic carbocycles. The molecule has 0 rings (SSSR count). The van der Waals surface area contributed by atoms with Gasteiger partial charge in [-0.15, -0.1) is 6.58 Å². The summed E-state index contributed by atoms with van der Waals surface area (Å²) >= 11 is 0. The number of carboxylic acids is 1. The van der Waals surface area contributed by atoms with Gasteiger partial charge in [-0.3, -0.25) is 9.45 Å². The number of aliphatic carboxylic acids is 1. The van der Waals surface area contributed by atoms with Crippen LogP contribution in [-0.2, 0) is 14.9 Å². The van der Waals surface area contributed by atoms with E-state index in [2.05, 4.69) is 6.58 Å². The average Bonchev–Trinajstić information content (AvgIpc) is 2.01. The van der Waals surface area contributed by atoms with Crippen LogP contribution < -0.4 is 6.15 Å². The van der Waals surface area contributed by atoms with Gasteiger partial charge in [0, 0.05) is 0 Å². The van der Waals surface area contributed by atoms with Gasteiger partial charge in [0.05, 0.1) is 0 Å². The Morgan fingerprint density at radius 3 is 1.69 bits per heavy atom. The number of allylic oxidation sites excluding steroid dienone is 1. The van der Waals surface area contributed by atoms with E-state index >= 15 is 0 Å². The fraction of sp³-hybridized carbons (Fsp3) is 0.625. The molecule has 0 saturated carbocycles. The molecule has 0 bridgehead atoms. The van der Waals surface area contributed by atoms with E-state index < -0.39 is 21.0 Å². The Bertz CT molecular complexity index is 325. The summed E-state index contributed by atoms with van der Waals surface area (Å²) < 4.78 is 30.0. The lowest BCUT2D eigenvalue weighted by Gasteiger charge is -2.28. The van der Waals surface area contributed by atoms with Gasteiger partial charge in [-0.25, -0.2) is 4.79 Å². The number of hydrogen-bond donors (Lipinski definition) is 3. The lowest BCUT2D eigenvalue weighted by atomic mass is 10.3. The zero-order chi connectivity index (χ0) is 12.9. The topological polar surface area (TPSA) is 130 Å². The van der Waals surface area contributed by atoms with Crippen LogP contribution in [0, 0.1) is 0 Å². The molecule has 0 heterocycles. The Hall–Kier alpha value is -0.960. The highest BCUT2D eigenvalue weighted by molar-refractivity contribution is 7.88. The molecule has 5 N–H and O–H groups in total. The standard InChI is InChI=1S/C5H11NO5S.C3H6.H3N/c1-5(4(7)8,6(2)3)12(9,10)11;1-3-2;/h1-3H3,(H,7,8)(H,9,10,11);3H,1H2,2H3;1H3. The van der Waals surface area contributed by atoms with Gasteiger partial charge in [-0.05, 0) is 27.9 Å². The van der Waals surface area contributed by atoms with Crippen molar-refractivity contribution in [3.8, 4) is 0 Å². The Morgan fingerprint density at radius 2 is 1.69 bits per heavy atom. The number of nitrogens with zero attached hydrogens (tertiary/aromatic N) is 1. The Balaban J connectivity index is -0.000000377. The molecule has 7 nitrogen and oxygen atoms in total. The zero-order valence-corrected chi connectivity index (χ0v) is 10.8. The molecule has 98 valence electrons. The molecule has 1 atom stereocenters. The highest BCUT2D eigenvalue weighted by Crippen LogP contribution is 2.18. The lowest BCUT2D eigenvalue weighted by molar-refractivity contribution is -0.144. The SMILES string of the molecule is C=CC.CN(C)C(C)(C(=O)O)S(=O)(=O)O.N. The van der Waals surface area contributed by atoms with Crippen molar-refractivity contribution >= 4 is 16.1 Å². The first-order valence-corrected chi connectivity index (χ1v) is 5.44. The molecular weight excluding hydrogens is 236 g/mol. The van der Waals surface area contributed by atoms with Crippen LogP contribution in [0.15, 0.2) is 12.7 Å². The van der Waals surface area contributed by atoms with Gasteiger partial charge < -0.3 is 11.3 Å². The largest absolute Gasteiger partial charge is 0.479 e. The van der Waals surface area contributed by atoms with Crippen LogP contribution in [0.4, 0.5) is 0 Å². The second kappa shape index (κ2) is 7.34. The number of rotatable bonds is 3. The highest BCUT2D eigenvalue weighted by atomic mass is 32.2. The van der Waals surface area contributed by atoms with Crippen molar-refractivity contribution in [1.82, 2.24) is 11.1 Å². The third-order valence-corrected chi connectivity index (χ3v) is 3.30.